The van der Waals surface area contributed by atoms with E-state index in [9.17, 15) is 0 Å². The van der Waals surface area contributed by atoms with Crippen LogP contribution in [0, 0.1) is 0 Å². The first-order valence-electron chi connectivity index (χ1n) is 18.0. The average Bonchev–Trinajstić information content (AvgIpc) is 3.80. The Morgan fingerprint density at radius 2 is 1.02 bits per heavy atom. The second-order valence-electron chi connectivity index (χ2n) is 13.7. The van der Waals surface area contributed by atoms with Crippen molar-refractivity contribution in [2.75, 3.05) is 4.90 Å². The van der Waals surface area contributed by atoms with Gasteiger partial charge >= 0.3 is 0 Å². The number of furan rings is 1. The molecule has 3 heteroatoms. The lowest BCUT2D eigenvalue weighted by Gasteiger charge is -2.26. The lowest BCUT2D eigenvalue weighted by Crippen LogP contribution is -2.10. The largest absolute Gasteiger partial charge is 0.456 e. The highest BCUT2D eigenvalue weighted by Gasteiger charge is 2.20. The summed E-state index contributed by atoms with van der Waals surface area (Å²) in [4.78, 5) is 2.36. The molecule has 0 saturated heterocycles. The number of hydrogen-bond acceptors (Lipinski definition) is 3. The molecule has 11 aromatic rings. The summed E-state index contributed by atoms with van der Waals surface area (Å²) in [6, 6.07) is 67.9. The van der Waals surface area contributed by atoms with Gasteiger partial charge in [0.05, 0.1) is 11.1 Å². The molecule has 0 aliphatic carbocycles. The second kappa shape index (κ2) is 11.9. The van der Waals surface area contributed by atoms with Crippen molar-refractivity contribution in [2.45, 2.75) is 0 Å². The van der Waals surface area contributed by atoms with Gasteiger partial charge in [-0.25, -0.2) is 0 Å². The third kappa shape index (κ3) is 4.86. The Bertz CT molecular complexity index is 3160. The van der Waals surface area contributed by atoms with Crippen molar-refractivity contribution in [3.05, 3.63) is 188 Å². The van der Waals surface area contributed by atoms with Crippen LogP contribution in [0.3, 0.4) is 0 Å². The summed E-state index contributed by atoms with van der Waals surface area (Å²) in [7, 11) is 0. The van der Waals surface area contributed by atoms with E-state index in [1.807, 2.05) is 23.5 Å². The van der Waals surface area contributed by atoms with Gasteiger partial charge in [-0.05, 0) is 98.4 Å². The molecule has 0 radical (unpaired) electrons. The van der Waals surface area contributed by atoms with Gasteiger partial charge in [-0.2, -0.15) is 0 Å². The van der Waals surface area contributed by atoms with Crippen LogP contribution >= 0.6 is 11.3 Å². The first-order valence-corrected chi connectivity index (χ1v) is 18.8. The van der Waals surface area contributed by atoms with Gasteiger partial charge in [0, 0.05) is 36.9 Å². The summed E-state index contributed by atoms with van der Waals surface area (Å²) in [5.74, 6) is 0. The molecular formula is C50H31NOS. The average molecular weight is 694 g/mol. The van der Waals surface area contributed by atoms with Crippen molar-refractivity contribution in [3.8, 4) is 22.3 Å². The van der Waals surface area contributed by atoms with Gasteiger partial charge in [-0.15, -0.1) is 11.3 Å². The van der Waals surface area contributed by atoms with Crippen LogP contribution in [0.5, 0.6) is 0 Å². The van der Waals surface area contributed by atoms with E-state index >= 15 is 0 Å². The number of anilines is 3. The molecule has 0 fully saturated rings. The van der Waals surface area contributed by atoms with E-state index in [0.717, 1.165) is 39.0 Å². The Kier molecular flexibility index (Phi) is 6.76. The van der Waals surface area contributed by atoms with Crippen molar-refractivity contribution in [3.63, 3.8) is 0 Å². The molecule has 2 nitrogen and oxygen atoms in total. The lowest BCUT2D eigenvalue weighted by atomic mass is 9.98. The minimum Gasteiger partial charge on any atom is -0.456 e. The first kappa shape index (κ1) is 30.0. The summed E-state index contributed by atoms with van der Waals surface area (Å²) in [6.07, 6.45) is 0. The molecule has 53 heavy (non-hydrogen) atoms. The van der Waals surface area contributed by atoms with E-state index in [-0.39, 0.29) is 0 Å². The van der Waals surface area contributed by atoms with Crippen molar-refractivity contribution < 1.29 is 4.42 Å². The van der Waals surface area contributed by atoms with Crippen LogP contribution in [-0.2, 0) is 0 Å². The zero-order chi connectivity index (χ0) is 34.9. The van der Waals surface area contributed by atoms with Crippen molar-refractivity contribution in [2.24, 2.45) is 0 Å². The van der Waals surface area contributed by atoms with Gasteiger partial charge in [0.2, 0.25) is 0 Å². The molecule has 0 atom stereocenters. The SMILES string of the molecule is c1ccc2c(-c3ccc(N(c4ccc(-c5ccc6sc7c8ccccc8ccc7c6c5)cc4)c4cccc5oc6ccccc6c45)cc3)cccc2c1. The van der Waals surface area contributed by atoms with E-state index in [1.54, 1.807) is 0 Å². The number of fused-ring (bicyclic) bond motifs is 9. The normalized spacial score (nSPS) is 11.8. The fourth-order valence-corrected chi connectivity index (χ4v) is 9.34. The molecule has 11 rings (SSSR count). The van der Waals surface area contributed by atoms with Crippen LogP contribution in [0.4, 0.5) is 17.1 Å². The molecule has 0 bridgehead atoms. The number of benzene rings is 9. The van der Waals surface area contributed by atoms with Crippen LogP contribution in [0.1, 0.15) is 0 Å². The number of nitrogens with zero attached hydrogens (tertiary/aromatic N) is 1. The number of rotatable bonds is 5. The Labute approximate surface area is 310 Å². The van der Waals surface area contributed by atoms with Crippen LogP contribution in [0.15, 0.2) is 192 Å². The minimum atomic E-state index is 0.877. The third-order valence-corrected chi connectivity index (χ3v) is 11.9. The standard InChI is InChI=1S/C50H31NOS/c1-3-12-39-33(9-1)11-7-15-40(39)35-21-27-38(28-22-35)51(45-16-8-18-47-49(45)43-14-5-6-17-46(43)52-47)37-25-19-32(20-26-37)36-24-30-48-44(31-36)42-29-23-34-10-2-4-13-41(34)50(42)53-48/h1-31H. The molecule has 9 aromatic carbocycles. The lowest BCUT2D eigenvalue weighted by molar-refractivity contribution is 0.669. The van der Waals surface area contributed by atoms with E-state index in [2.05, 4.69) is 181 Å². The molecule has 0 N–H and O–H groups in total. The van der Waals surface area contributed by atoms with Crippen LogP contribution in [-0.4, -0.2) is 0 Å². The number of thiophene rings is 1. The Morgan fingerprint density at radius 3 is 1.83 bits per heavy atom. The quantitative estimate of drug-likeness (QED) is 0.178. The second-order valence-corrected chi connectivity index (χ2v) is 14.7. The van der Waals surface area contributed by atoms with Crippen molar-refractivity contribution in [1.29, 1.82) is 0 Å². The topological polar surface area (TPSA) is 16.4 Å². The zero-order valence-corrected chi connectivity index (χ0v) is 29.5. The first-order chi connectivity index (χ1) is 26.3. The highest BCUT2D eigenvalue weighted by Crippen LogP contribution is 2.45. The van der Waals surface area contributed by atoms with Crippen LogP contribution < -0.4 is 4.90 Å². The highest BCUT2D eigenvalue weighted by atomic mass is 32.1. The van der Waals surface area contributed by atoms with Crippen molar-refractivity contribution in [1.82, 2.24) is 0 Å². The van der Waals surface area contributed by atoms with Gasteiger partial charge in [-0.1, -0.05) is 133 Å². The molecule has 0 aliphatic heterocycles. The minimum absolute atomic E-state index is 0.877. The molecule has 0 spiro atoms. The van der Waals surface area contributed by atoms with E-state index in [4.69, 9.17) is 4.42 Å². The van der Waals surface area contributed by atoms with E-state index < -0.39 is 0 Å². The molecule has 0 unspecified atom stereocenters. The summed E-state index contributed by atoms with van der Waals surface area (Å²) in [6.45, 7) is 0. The Hall–Kier alpha value is -6.68. The predicted molar refractivity (Wildman–Crippen MR) is 227 cm³/mol. The molecule has 0 saturated carbocycles. The van der Waals surface area contributed by atoms with Crippen LogP contribution in [0.2, 0.25) is 0 Å². The zero-order valence-electron chi connectivity index (χ0n) is 28.7. The van der Waals surface area contributed by atoms with Crippen molar-refractivity contribution >= 4 is 92.1 Å². The van der Waals surface area contributed by atoms with Gasteiger partial charge < -0.3 is 9.32 Å². The summed E-state index contributed by atoms with van der Waals surface area (Å²) < 4.78 is 9.04. The van der Waals surface area contributed by atoms with Gasteiger partial charge in [-0.3, -0.25) is 0 Å². The van der Waals surface area contributed by atoms with Gasteiger partial charge in [0.25, 0.3) is 0 Å². The highest BCUT2D eigenvalue weighted by molar-refractivity contribution is 7.26. The molecule has 0 amide bonds. The molecule has 2 heterocycles. The Balaban J connectivity index is 1.04. The summed E-state index contributed by atoms with van der Waals surface area (Å²) in [5, 5.41) is 9.95. The van der Waals surface area contributed by atoms with E-state index in [1.165, 1.54) is 64.0 Å². The Morgan fingerprint density at radius 1 is 0.396 bits per heavy atom. The monoisotopic (exact) mass is 693 g/mol. The third-order valence-electron chi connectivity index (χ3n) is 10.7. The van der Waals surface area contributed by atoms with Crippen LogP contribution in [0.25, 0.3) is 85.9 Å². The maximum absolute atomic E-state index is 6.37. The summed E-state index contributed by atoms with van der Waals surface area (Å²) >= 11 is 1.88. The maximum Gasteiger partial charge on any atom is 0.137 e. The molecule has 2 aromatic heterocycles. The predicted octanol–water partition coefficient (Wildman–Crippen LogP) is 15.1. The summed E-state index contributed by atoms with van der Waals surface area (Å²) in [5.41, 5.74) is 9.84. The number of para-hydroxylation sites is 1. The van der Waals surface area contributed by atoms with E-state index in [0.29, 0.717) is 0 Å². The maximum atomic E-state index is 6.37. The molecular weight excluding hydrogens is 663 g/mol. The molecule has 0 aliphatic rings. The fraction of sp³-hybridized carbons (Fsp3) is 0. The fourth-order valence-electron chi connectivity index (χ4n) is 8.12. The van der Waals surface area contributed by atoms with Gasteiger partial charge in [0.1, 0.15) is 11.2 Å². The smallest absolute Gasteiger partial charge is 0.137 e. The van der Waals surface area contributed by atoms with Gasteiger partial charge in [0.15, 0.2) is 0 Å². The number of hydrogen-bond donors (Lipinski definition) is 0. The molecule has 248 valence electrons.